The minimum atomic E-state index is -1.46. The molecule has 222 valence electrons. The molecule has 0 unspecified atom stereocenters. The highest BCUT2D eigenvalue weighted by Gasteiger charge is 2.52. The van der Waals surface area contributed by atoms with Gasteiger partial charge in [-0.05, 0) is 43.2 Å². The molecule has 7 atom stereocenters. The Morgan fingerprint density at radius 1 is 1.21 bits per heavy atom. The van der Waals surface area contributed by atoms with E-state index in [2.05, 4.69) is 10.3 Å². The Morgan fingerprint density at radius 2 is 1.93 bits per heavy atom. The maximum absolute atomic E-state index is 14.2. The molecule has 2 aliphatic rings. The molecule has 1 aliphatic carbocycles. The van der Waals surface area contributed by atoms with Gasteiger partial charge in [0.1, 0.15) is 46.7 Å². The Bertz CT molecular complexity index is 1510. The molecule has 42 heavy (non-hydrogen) atoms. The van der Waals surface area contributed by atoms with Crippen molar-refractivity contribution in [2.45, 2.75) is 55.4 Å². The number of methoxy groups -OCH3 is 1. The summed E-state index contributed by atoms with van der Waals surface area (Å²) in [6.07, 6.45) is -4.10. The van der Waals surface area contributed by atoms with E-state index in [-0.39, 0.29) is 27.5 Å². The zero-order chi connectivity index (χ0) is 30.3. The molecule has 2 fully saturated rings. The number of nitrogens with zero attached hydrogens (tertiary/aromatic N) is 5. The fraction of sp³-hybridized carbons (Fsp3) is 0.407. The van der Waals surface area contributed by atoms with Crippen molar-refractivity contribution in [3.63, 3.8) is 0 Å². The fourth-order valence-corrected chi connectivity index (χ4v) is 5.62. The Kier molecular flexibility index (Phi) is 8.77. The van der Waals surface area contributed by atoms with Gasteiger partial charge in [-0.1, -0.05) is 28.4 Å². The number of aromatic nitrogens is 3. The number of halogens is 4. The molecular weight excluding hydrogens is 599 g/mol. The number of hydrogen-bond acceptors (Lipinski definition) is 9. The number of amides is 1. The smallest absolute Gasteiger partial charge is 0.259 e. The average molecular weight is 624 g/mol. The normalized spacial score (nSPS) is 27.3. The number of anilines is 1. The molecule has 5 rings (SSSR count). The number of carbonyl (C=O) groups excluding carboxylic acids is 1. The van der Waals surface area contributed by atoms with Crippen molar-refractivity contribution in [1.82, 2.24) is 15.0 Å². The van der Waals surface area contributed by atoms with Gasteiger partial charge in [-0.3, -0.25) is 4.79 Å². The number of aliphatic hydroxyl groups is 3. The molecule has 1 aromatic heterocycles. The predicted molar refractivity (Wildman–Crippen MR) is 145 cm³/mol. The minimum absolute atomic E-state index is 0.0156. The van der Waals surface area contributed by atoms with Gasteiger partial charge in [0, 0.05) is 23.4 Å². The first-order valence-electron chi connectivity index (χ1n) is 12.8. The van der Waals surface area contributed by atoms with Crippen molar-refractivity contribution >= 4 is 34.8 Å². The van der Waals surface area contributed by atoms with Crippen LogP contribution in [0.1, 0.15) is 24.4 Å². The van der Waals surface area contributed by atoms with E-state index >= 15 is 0 Å². The summed E-state index contributed by atoms with van der Waals surface area (Å²) in [4.78, 5) is 15.5. The molecule has 3 aromatic rings. The van der Waals surface area contributed by atoms with Crippen molar-refractivity contribution in [3.8, 4) is 17.3 Å². The van der Waals surface area contributed by atoms with Gasteiger partial charge in [-0.2, -0.15) is 5.26 Å². The molecule has 0 radical (unpaired) electrons. The van der Waals surface area contributed by atoms with Crippen LogP contribution in [0, 0.1) is 23.0 Å². The van der Waals surface area contributed by atoms with Gasteiger partial charge in [0.05, 0.1) is 36.6 Å². The van der Waals surface area contributed by atoms with Gasteiger partial charge in [0.25, 0.3) is 5.91 Å². The number of nitriles is 1. The molecule has 1 saturated carbocycles. The van der Waals surface area contributed by atoms with Crippen molar-refractivity contribution in [3.05, 3.63) is 63.8 Å². The lowest BCUT2D eigenvalue weighted by Gasteiger charge is -2.47. The van der Waals surface area contributed by atoms with Crippen LogP contribution in [0.25, 0.3) is 11.3 Å². The van der Waals surface area contributed by atoms with Crippen LogP contribution in [0.15, 0.2) is 36.5 Å². The molecule has 2 heterocycles. The Hall–Kier alpha value is -3.22. The summed E-state index contributed by atoms with van der Waals surface area (Å²) in [6, 6.07) is 6.43. The summed E-state index contributed by atoms with van der Waals surface area (Å²) in [5.74, 6) is -2.70. The Morgan fingerprint density at radius 3 is 2.50 bits per heavy atom. The van der Waals surface area contributed by atoms with E-state index in [1.54, 1.807) is 0 Å². The summed E-state index contributed by atoms with van der Waals surface area (Å²) < 4.78 is 40.9. The lowest BCUT2D eigenvalue weighted by molar-refractivity contribution is -0.211. The number of rotatable bonds is 7. The number of hydrogen-bond donors (Lipinski definition) is 3. The summed E-state index contributed by atoms with van der Waals surface area (Å²) >= 11 is 11.8. The van der Waals surface area contributed by atoms with Crippen LogP contribution in [0.4, 0.5) is 14.5 Å². The lowest BCUT2D eigenvalue weighted by Crippen LogP contribution is -2.64. The van der Waals surface area contributed by atoms with Crippen LogP contribution in [-0.2, 0) is 14.3 Å². The minimum Gasteiger partial charge on any atom is -0.394 e. The third kappa shape index (κ3) is 5.47. The zero-order valence-electron chi connectivity index (χ0n) is 21.9. The molecule has 0 bridgehead atoms. The van der Waals surface area contributed by atoms with Crippen molar-refractivity contribution in [2.24, 2.45) is 0 Å². The van der Waals surface area contributed by atoms with E-state index in [1.165, 1.54) is 41.1 Å². The second-order valence-electron chi connectivity index (χ2n) is 10.0. The van der Waals surface area contributed by atoms with E-state index in [9.17, 15) is 34.2 Å². The molecule has 1 saturated heterocycles. The van der Waals surface area contributed by atoms with Gasteiger partial charge < -0.3 is 29.7 Å². The molecular formula is C27H25Cl2F2N5O6. The van der Waals surface area contributed by atoms with Crippen LogP contribution in [0.3, 0.4) is 0 Å². The van der Waals surface area contributed by atoms with Crippen molar-refractivity contribution in [1.29, 1.82) is 5.26 Å². The van der Waals surface area contributed by atoms with Crippen molar-refractivity contribution < 1.29 is 38.4 Å². The number of ether oxygens (including phenoxy) is 2. The number of carbonyl (C=O) groups is 1. The maximum Gasteiger partial charge on any atom is 0.259 e. The second-order valence-corrected chi connectivity index (χ2v) is 10.8. The molecule has 11 nitrogen and oxygen atoms in total. The first-order chi connectivity index (χ1) is 20.1. The van der Waals surface area contributed by atoms with E-state index in [4.69, 9.17) is 32.7 Å². The van der Waals surface area contributed by atoms with E-state index in [0.717, 1.165) is 12.1 Å². The zero-order valence-corrected chi connectivity index (χ0v) is 23.5. The molecule has 1 amide bonds. The third-order valence-corrected chi connectivity index (χ3v) is 8.12. The number of benzene rings is 2. The van der Waals surface area contributed by atoms with Gasteiger partial charge in [0.15, 0.2) is 6.10 Å². The monoisotopic (exact) mass is 623 g/mol. The quantitative estimate of drug-likeness (QED) is 0.337. The molecule has 2 aromatic carbocycles. The SMILES string of the molecule is CO[C@@H]1[C@@H](n2cc(-c3cc(F)c(Cl)c(F)c3)nn2)[C@@H](O)[C@@H](CO)O[C@H]1C(=O)N(c1cc(Cl)cc(C#N)c1)[C@@H]1CC[C@H]1O. The van der Waals surface area contributed by atoms with Gasteiger partial charge in [-0.15, -0.1) is 5.10 Å². The molecule has 3 N–H and O–H groups in total. The first kappa shape index (κ1) is 30.2. The summed E-state index contributed by atoms with van der Waals surface area (Å²) in [7, 11) is 1.28. The van der Waals surface area contributed by atoms with Crippen LogP contribution in [-0.4, -0.2) is 86.5 Å². The summed E-state index contributed by atoms with van der Waals surface area (Å²) in [6.45, 7) is -0.686. The highest BCUT2D eigenvalue weighted by molar-refractivity contribution is 6.31. The topological polar surface area (TPSA) is 154 Å². The highest BCUT2D eigenvalue weighted by atomic mass is 35.5. The highest BCUT2D eigenvalue weighted by Crippen LogP contribution is 2.38. The van der Waals surface area contributed by atoms with Crippen molar-refractivity contribution in [2.75, 3.05) is 18.6 Å². The Labute approximate surface area is 248 Å². The van der Waals surface area contributed by atoms with E-state index in [0.29, 0.717) is 12.8 Å². The first-order valence-corrected chi connectivity index (χ1v) is 13.6. The van der Waals surface area contributed by atoms with Gasteiger partial charge in [0.2, 0.25) is 0 Å². The molecule has 0 spiro atoms. The maximum atomic E-state index is 14.2. The standard InChI is InChI=1S/C27H25Cl2F2N5O6/c1-41-25-23(35-10-18(33-34-35)13-6-16(30)22(29)17(31)7-13)24(39)21(11-37)42-26(25)27(40)36(19-2-3-20(19)38)15-5-12(9-32)4-14(28)8-15/h4-8,10,19-21,23-26,37-39H,2-3,11H2,1H3/t19-,20-,21-,23+,24+,25-,26-/m1/s1. The third-order valence-electron chi connectivity index (χ3n) is 7.54. The van der Waals surface area contributed by atoms with E-state index in [1.807, 2.05) is 6.07 Å². The lowest BCUT2D eigenvalue weighted by atomic mass is 9.85. The Balaban J connectivity index is 1.54. The molecule has 15 heteroatoms. The van der Waals surface area contributed by atoms with Crippen LogP contribution >= 0.6 is 23.2 Å². The largest absolute Gasteiger partial charge is 0.394 e. The van der Waals surface area contributed by atoms with Crippen LogP contribution < -0.4 is 4.90 Å². The van der Waals surface area contributed by atoms with Gasteiger partial charge in [-0.25, -0.2) is 13.5 Å². The predicted octanol–water partition coefficient (Wildman–Crippen LogP) is 2.63. The van der Waals surface area contributed by atoms with Gasteiger partial charge >= 0.3 is 0 Å². The van der Waals surface area contributed by atoms with Crippen LogP contribution in [0.2, 0.25) is 10.0 Å². The number of aliphatic hydroxyl groups excluding tert-OH is 3. The summed E-state index contributed by atoms with van der Waals surface area (Å²) in [5.41, 5.74) is 0.471. The fourth-order valence-electron chi connectivity index (χ4n) is 5.28. The van der Waals surface area contributed by atoms with Crippen LogP contribution in [0.5, 0.6) is 0 Å². The average Bonchev–Trinajstić information content (AvgIpc) is 3.46. The second kappa shape index (κ2) is 12.2. The summed E-state index contributed by atoms with van der Waals surface area (Å²) in [5, 5.41) is 48.6. The van der Waals surface area contributed by atoms with E-state index < -0.39 is 71.8 Å². The molecule has 1 aliphatic heterocycles.